The fourth-order valence-corrected chi connectivity index (χ4v) is 1.82. The number of allylic oxidation sites excluding steroid dienone is 1. The number of carbonyl (C=O) groups is 1. The summed E-state index contributed by atoms with van der Waals surface area (Å²) in [7, 11) is 0. The van der Waals surface area contributed by atoms with Crippen molar-refractivity contribution in [3.05, 3.63) is 35.4 Å². The first kappa shape index (κ1) is 8.73. The first-order chi connectivity index (χ1) is 6.74. The quantitative estimate of drug-likeness (QED) is 0.679. The minimum Gasteiger partial charge on any atom is -0.481 e. The van der Waals surface area contributed by atoms with Gasteiger partial charge in [-0.2, -0.15) is 0 Å². The molecule has 3 nitrogen and oxygen atoms in total. The topological polar surface area (TPSA) is 54.4 Å². The Labute approximate surface area is 80.7 Å². The molecule has 1 unspecified atom stereocenters. The third-order valence-electron chi connectivity index (χ3n) is 2.49. The van der Waals surface area contributed by atoms with Gasteiger partial charge in [-0.15, -0.1) is 0 Å². The number of aliphatic carboxylic acids is 1. The Kier molecular flexibility index (Phi) is 1.95. The second kappa shape index (κ2) is 3.13. The SMILES string of the molecule is O=C=C1CC(C(=O)O)c2ccccc21. The van der Waals surface area contributed by atoms with Crippen LogP contribution in [0.3, 0.4) is 0 Å². The highest BCUT2D eigenvalue weighted by molar-refractivity contribution is 5.96. The average molecular weight is 188 g/mol. The van der Waals surface area contributed by atoms with E-state index >= 15 is 0 Å². The van der Waals surface area contributed by atoms with Gasteiger partial charge in [-0.25, -0.2) is 4.79 Å². The summed E-state index contributed by atoms with van der Waals surface area (Å²) in [6, 6.07) is 7.08. The van der Waals surface area contributed by atoms with Crippen LogP contribution < -0.4 is 0 Å². The minimum atomic E-state index is -0.886. The molecule has 0 aromatic heterocycles. The molecule has 14 heavy (non-hydrogen) atoms. The number of benzene rings is 1. The second-order valence-corrected chi connectivity index (χ2v) is 3.26. The molecule has 0 radical (unpaired) electrons. The molecule has 0 bridgehead atoms. The van der Waals surface area contributed by atoms with Crippen molar-refractivity contribution in [3.8, 4) is 0 Å². The van der Waals surface area contributed by atoms with E-state index in [4.69, 9.17) is 5.11 Å². The molecule has 3 heteroatoms. The van der Waals surface area contributed by atoms with Gasteiger partial charge in [0.15, 0.2) is 0 Å². The highest BCUT2D eigenvalue weighted by Crippen LogP contribution is 2.39. The number of carboxylic acid groups (broad SMARTS) is 1. The molecule has 0 spiro atoms. The highest BCUT2D eigenvalue weighted by atomic mass is 16.4. The Morgan fingerprint density at radius 1 is 1.43 bits per heavy atom. The summed E-state index contributed by atoms with van der Waals surface area (Å²) in [6.45, 7) is 0. The van der Waals surface area contributed by atoms with Gasteiger partial charge in [0.25, 0.3) is 0 Å². The van der Waals surface area contributed by atoms with Gasteiger partial charge in [0.05, 0.1) is 5.92 Å². The average Bonchev–Trinajstić information content (AvgIpc) is 2.56. The summed E-state index contributed by atoms with van der Waals surface area (Å²) in [5, 5.41) is 8.93. The van der Waals surface area contributed by atoms with Crippen molar-refractivity contribution in [2.24, 2.45) is 0 Å². The Bertz CT molecular complexity index is 442. The van der Waals surface area contributed by atoms with Crippen LogP contribution in [-0.4, -0.2) is 17.0 Å². The van der Waals surface area contributed by atoms with Crippen LogP contribution in [0, 0.1) is 0 Å². The lowest BCUT2D eigenvalue weighted by Gasteiger charge is -2.03. The van der Waals surface area contributed by atoms with E-state index < -0.39 is 11.9 Å². The van der Waals surface area contributed by atoms with Gasteiger partial charge in [-0.1, -0.05) is 24.3 Å². The number of hydrogen-bond acceptors (Lipinski definition) is 2. The van der Waals surface area contributed by atoms with Crippen LogP contribution in [0.1, 0.15) is 23.5 Å². The van der Waals surface area contributed by atoms with Crippen molar-refractivity contribution in [1.29, 1.82) is 0 Å². The zero-order valence-electron chi connectivity index (χ0n) is 7.36. The van der Waals surface area contributed by atoms with Crippen LogP contribution in [0.2, 0.25) is 0 Å². The summed E-state index contributed by atoms with van der Waals surface area (Å²) in [4.78, 5) is 21.5. The maximum absolute atomic E-state index is 10.9. The first-order valence-corrected chi connectivity index (χ1v) is 4.30. The van der Waals surface area contributed by atoms with E-state index in [1.807, 2.05) is 5.94 Å². The molecule has 0 fully saturated rings. The summed E-state index contributed by atoms with van der Waals surface area (Å²) in [5.74, 6) is 0.341. The van der Waals surface area contributed by atoms with E-state index in [0.29, 0.717) is 5.57 Å². The monoisotopic (exact) mass is 188 g/mol. The Balaban J connectivity index is 2.60. The molecular weight excluding hydrogens is 180 g/mol. The summed E-state index contributed by atoms with van der Waals surface area (Å²) < 4.78 is 0. The number of hydrogen-bond donors (Lipinski definition) is 1. The van der Waals surface area contributed by atoms with Crippen molar-refractivity contribution in [1.82, 2.24) is 0 Å². The zero-order valence-corrected chi connectivity index (χ0v) is 7.36. The zero-order chi connectivity index (χ0) is 10.1. The first-order valence-electron chi connectivity index (χ1n) is 4.30. The predicted molar refractivity (Wildman–Crippen MR) is 50.5 cm³/mol. The molecule has 1 N–H and O–H groups in total. The fraction of sp³-hybridized carbons (Fsp3) is 0.182. The highest BCUT2D eigenvalue weighted by Gasteiger charge is 2.31. The number of carbonyl (C=O) groups excluding carboxylic acids is 1. The lowest BCUT2D eigenvalue weighted by molar-refractivity contribution is -0.138. The van der Waals surface area contributed by atoms with E-state index in [1.54, 1.807) is 24.3 Å². The van der Waals surface area contributed by atoms with Crippen molar-refractivity contribution >= 4 is 17.5 Å². The van der Waals surface area contributed by atoms with Crippen molar-refractivity contribution in [2.45, 2.75) is 12.3 Å². The predicted octanol–water partition coefficient (Wildman–Crippen LogP) is 1.47. The van der Waals surface area contributed by atoms with E-state index in [1.165, 1.54) is 0 Å². The minimum absolute atomic E-state index is 0.262. The Hall–Kier alpha value is -1.86. The summed E-state index contributed by atoms with van der Waals surface area (Å²) in [5.41, 5.74) is 1.92. The Morgan fingerprint density at radius 3 is 2.79 bits per heavy atom. The fourth-order valence-electron chi connectivity index (χ4n) is 1.82. The van der Waals surface area contributed by atoms with Crippen LogP contribution in [0.25, 0.3) is 5.57 Å². The molecule has 0 saturated heterocycles. The van der Waals surface area contributed by atoms with Gasteiger partial charge in [-0.3, -0.25) is 4.79 Å². The number of fused-ring (bicyclic) bond motifs is 1. The molecule has 0 saturated carbocycles. The van der Waals surface area contributed by atoms with Gasteiger partial charge >= 0.3 is 5.97 Å². The van der Waals surface area contributed by atoms with Crippen molar-refractivity contribution in [3.63, 3.8) is 0 Å². The van der Waals surface area contributed by atoms with Crippen LogP contribution >= 0.6 is 0 Å². The molecular formula is C11H8O3. The van der Waals surface area contributed by atoms with Crippen LogP contribution in [0.15, 0.2) is 24.3 Å². The molecule has 2 rings (SSSR count). The van der Waals surface area contributed by atoms with Crippen LogP contribution in [0.5, 0.6) is 0 Å². The summed E-state index contributed by atoms with van der Waals surface area (Å²) in [6.07, 6.45) is 0.262. The lowest BCUT2D eigenvalue weighted by Crippen LogP contribution is -2.07. The molecule has 1 aromatic carbocycles. The lowest BCUT2D eigenvalue weighted by atomic mass is 10.0. The molecule has 1 aliphatic carbocycles. The van der Waals surface area contributed by atoms with Crippen LogP contribution in [0.4, 0.5) is 0 Å². The van der Waals surface area contributed by atoms with Gasteiger partial charge in [0, 0.05) is 12.0 Å². The van der Waals surface area contributed by atoms with E-state index in [-0.39, 0.29) is 6.42 Å². The van der Waals surface area contributed by atoms with E-state index in [9.17, 15) is 9.59 Å². The maximum atomic E-state index is 10.9. The standard InChI is InChI=1S/C11H8O3/c12-6-7-5-10(11(13)14)9-4-2-1-3-8(7)9/h1-4,10H,5H2,(H,13,14). The third kappa shape index (κ3) is 1.15. The summed E-state index contributed by atoms with van der Waals surface area (Å²) >= 11 is 0. The van der Waals surface area contributed by atoms with E-state index in [0.717, 1.165) is 11.1 Å². The van der Waals surface area contributed by atoms with Crippen LogP contribution in [-0.2, 0) is 9.59 Å². The van der Waals surface area contributed by atoms with E-state index in [2.05, 4.69) is 0 Å². The Morgan fingerprint density at radius 2 is 2.14 bits per heavy atom. The molecule has 1 atom stereocenters. The normalized spacial score (nSPS) is 18.9. The number of carboxylic acids is 1. The molecule has 1 aliphatic rings. The van der Waals surface area contributed by atoms with Gasteiger partial charge < -0.3 is 5.11 Å². The molecule has 0 aliphatic heterocycles. The number of rotatable bonds is 1. The smallest absolute Gasteiger partial charge is 0.311 e. The molecule has 70 valence electrons. The van der Waals surface area contributed by atoms with Crippen molar-refractivity contribution < 1.29 is 14.7 Å². The maximum Gasteiger partial charge on any atom is 0.311 e. The molecule has 0 amide bonds. The second-order valence-electron chi connectivity index (χ2n) is 3.26. The molecule has 1 aromatic rings. The van der Waals surface area contributed by atoms with Gasteiger partial charge in [0.1, 0.15) is 5.94 Å². The third-order valence-corrected chi connectivity index (χ3v) is 2.49. The van der Waals surface area contributed by atoms with Gasteiger partial charge in [0.2, 0.25) is 0 Å². The van der Waals surface area contributed by atoms with Crippen molar-refractivity contribution in [2.75, 3.05) is 0 Å². The molecule has 0 heterocycles. The van der Waals surface area contributed by atoms with Gasteiger partial charge in [-0.05, 0) is 11.1 Å². The largest absolute Gasteiger partial charge is 0.481 e.